The normalized spacial score (nSPS) is 10.1. The van der Waals surface area contributed by atoms with E-state index in [1.165, 1.54) is 0 Å². The molecule has 82 valence electrons. The number of carbonyl (C=O) groups excluding carboxylic acids is 1. The molecule has 1 N–H and O–H groups in total. The Labute approximate surface area is 96.0 Å². The molecule has 1 amide bonds. The SMILES string of the molecule is O=C(CCS)Nc1c(F)cc(F)cc1Cl. The van der Waals surface area contributed by atoms with Gasteiger partial charge in [0.05, 0.1) is 10.7 Å². The highest BCUT2D eigenvalue weighted by Crippen LogP contribution is 2.26. The summed E-state index contributed by atoms with van der Waals surface area (Å²) >= 11 is 9.41. The molecule has 2 nitrogen and oxygen atoms in total. The Hall–Kier alpha value is -0.810. The molecular formula is C9H8ClF2NOS. The molecule has 0 aliphatic carbocycles. The zero-order valence-electron chi connectivity index (χ0n) is 7.56. The Morgan fingerprint density at radius 3 is 2.67 bits per heavy atom. The van der Waals surface area contributed by atoms with Gasteiger partial charge < -0.3 is 5.32 Å². The summed E-state index contributed by atoms with van der Waals surface area (Å²) in [5.41, 5.74) is -0.204. The fourth-order valence-electron chi connectivity index (χ4n) is 0.965. The van der Waals surface area contributed by atoms with Crippen LogP contribution in [0.5, 0.6) is 0 Å². The Balaban J connectivity index is 2.90. The summed E-state index contributed by atoms with van der Waals surface area (Å²) in [6, 6.07) is 1.59. The lowest BCUT2D eigenvalue weighted by atomic mass is 10.3. The molecule has 0 spiro atoms. The lowest BCUT2D eigenvalue weighted by Crippen LogP contribution is -2.13. The monoisotopic (exact) mass is 251 g/mol. The van der Waals surface area contributed by atoms with Crippen molar-refractivity contribution in [1.29, 1.82) is 0 Å². The van der Waals surface area contributed by atoms with Crippen LogP contribution in [0.3, 0.4) is 0 Å². The van der Waals surface area contributed by atoms with Crippen molar-refractivity contribution in [1.82, 2.24) is 0 Å². The van der Waals surface area contributed by atoms with Gasteiger partial charge in [-0.1, -0.05) is 11.6 Å². The van der Waals surface area contributed by atoms with Crippen LogP contribution in [0, 0.1) is 11.6 Å². The second kappa shape index (κ2) is 5.32. The number of rotatable bonds is 3. The first-order valence-electron chi connectivity index (χ1n) is 4.10. The van der Waals surface area contributed by atoms with E-state index in [1.54, 1.807) is 0 Å². The first-order valence-corrected chi connectivity index (χ1v) is 5.11. The summed E-state index contributed by atoms with van der Waals surface area (Å²) in [6.45, 7) is 0. The Morgan fingerprint density at radius 2 is 2.13 bits per heavy atom. The molecule has 0 aliphatic heterocycles. The Kier molecular flexibility index (Phi) is 4.35. The first kappa shape index (κ1) is 12.3. The van der Waals surface area contributed by atoms with Crippen molar-refractivity contribution >= 4 is 35.8 Å². The maximum Gasteiger partial charge on any atom is 0.225 e. The van der Waals surface area contributed by atoms with Crippen molar-refractivity contribution in [2.24, 2.45) is 0 Å². The van der Waals surface area contributed by atoms with Gasteiger partial charge in [0.2, 0.25) is 5.91 Å². The smallest absolute Gasteiger partial charge is 0.225 e. The number of carbonyl (C=O) groups is 1. The zero-order chi connectivity index (χ0) is 11.4. The summed E-state index contributed by atoms with van der Waals surface area (Å²) in [5.74, 6) is -1.76. The zero-order valence-corrected chi connectivity index (χ0v) is 9.21. The molecule has 0 atom stereocenters. The molecule has 0 fully saturated rings. The van der Waals surface area contributed by atoms with Crippen LogP contribution in [0.15, 0.2) is 12.1 Å². The molecule has 15 heavy (non-hydrogen) atoms. The first-order chi connectivity index (χ1) is 7.04. The third kappa shape index (κ3) is 3.35. The molecule has 0 radical (unpaired) electrons. The van der Waals surface area contributed by atoms with Gasteiger partial charge in [-0.2, -0.15) is 12.6 Å². The third-order valence-electron chi connectivity index (χ3n) is 1.61. The van der Waals surface area contributed by atoms with Gasteiger partial charge in [0.25, 0.3) is 0 Å². The van der Waals surface area contributed by atoms with Gasteiger partial charge in [-0.25, -0.2) is 8.78 Å². The van der Waals surface area contributed by atoms with E-state index in [1.807, 2.05) is 0 Å². The number of nitrogens with one attached hydrogen (secondary N) is 1. The van der Waals surface area contributed by atoms with E-state index in [-0.39, 0.29) is 17.1 Å². The van der Waals surface area contributed by atoms with Crippen molar-refractivity contribution in [3.8, 4) is 0 Å². The fraction of sp³-hybridized carbons (Fsp3) is 0.222. The van der Waals surface area contributed by atoms with E-state index in [0.29, 0.717) is 11.8 Å². The molecule has 1 aromatic carbocycles. The number of hydrogen-bond acceptors (Lipinski definition) is 2. The van der Waals surface area contributed by atoms with Crippen molar-refractivity contribution in [2.75, 3.05) is 11.1 Å². The number of amides is 1. The van der Waals surface area contributed by atoms with Crippen molar-refractivity contribution in [3.63, 3.8) is 0 Å². The average Bonchev–Trinajstić information content (AvgIpc) is 2.11. The van der Waals surface area contributed by atoms with Crippen LogP contribution in [0.2, 0.25) is 5.02 Å². The molecule has 0 unspecified atom stereocenters. The van der Waals surface area contributed by atoms with E-state index in [0.717, 1.165) is 6.07 Å². The molecule has 0 aromatic heterocycles. The maximum absolute atomic E-state index is 13.2. The summed E-state index contributed by atoms with van der Waals surface area (Å²) in [5, 5.41) is 2.08. The van der Waals surface area contributed by atoms with Crippen LogP contribution < -0.4 is 5.32 Å². The highest BCUT2D eigenvalue weighted by atomic mass is 35.5. The van der Waals surface area contributed by atoms with Crippen LogP contribution in [-0.2, 0) is 4.79 Å². The average molecular weight is 252 g/mol. The summed E-state index contributed by atoms with van der Waals surface area (Å²) < 4.78 is 25.8. The van der Waals surface area contributed by atoms with Gasteiger partial charge in [-0.15, -0.1) is 0 Å². The minimum Gasteiger partial charge on any atom is -0.322 e. The lowest BCUT2D eigenvalue weighted by Gasteiger charge is -2.07. The van der Waals surface area contributed by atoms with Crippen LogP contribution in [-0.4, -0.2) is 11.7 Å². The van der Waals surface area contributed by atoms with Gasteiger partial charge in [-0.3, -0.25) is 4.79 Å². The maximum atomic E-state index is 13.2. The van der Waals surface area contributed by atoms with Crippen molar-refractivity contribution in [3.05, 3.63) is 28.8 Å². The predicted molar refractivity (Wildman–Crippen MR) is 58.5 cm³/mol. The van der Waals surface area contributed by atoms with Crippen molar-refractivity contribution in [2.45, 2.75) is 6.42 Å². The third-order valence-corrected chi connectivity index (χ3v) is 2.13. The summed E-state index contributed by atoms with van der Waals surface area (Å²) in [7, 11) is 0. The molecule has 1 aromatic rings. The van der Waals surface area contributed by atoms with Gasteiger partial charge in [0.1, 0.15) is 5.82 Å². The highest BCUT2D eigenvalue weighted by Gasteiger charge is 2.12. The van der Waals surface area contributed by atoms with Crippen LogP contribution in [0.25, 0.3) is 0 Å². The minimum absolute atomic E-state index is 0.135. The number of anilines is 1. The molecule has 0 bridgehead atoms. The molecular weight excluding hydrogens is 244 g/mol. The second-order valence-corrected chi connectivity index (χ2v) is 3.62. The highest BCUT2D eigenvalue weighted by molar-refractivity contribution is 7.80. The van der Waals surface area contributed by atoms with Gasteiger partial charge in [0.15, 0.2) is 5.82 Å². The summed E-state index contributed by atoms with van der Waals surface area (Å²) in [4.78, 5) is 11.1. The Bertz CT molecular complexity index is 363. The summed E-state index contributed by atoms with van der Waals surface area (Å²) in [6.07, 6.45) is 0.135. The predicted octanol–water partition coefficient (Wildman–Crippen LogP) is 2.88. The van der Waals surface area contributed by atoms with Crippen LogP contribution in [0.4, 0.5) is 14.5 Å². The Morgan fingerprint density at radius 1 is 1.47 bits per heavy atom. The van der Waals surface area contributed by atoms with E-state index >= 15 is 0 Å². The fourth-order valence-corrected chi connectivity index (χ4v) is 1.41. The second-order valence-electron chi connectivity index (χ2n) is 2.77. The van der Waals surface area contributed by atoms with E-state index < -0.39 is 17.5 Å². The molecule has 0 saturated carbocycles. The van der Waals surface area contributed by atoms with Crippen LogP contribution in [0.1, 0.15) is 6.42 Å². The van der Waals surface area contributed by atoms with Crippen LogP contribution >= 0.6 is 24.2 Å². The van der Waals surface area contributed by atoms with Gasteiger partial charge >= 0.3 is 0 Å². The standard InChI is InChI=1S/C9H8ClF2NOS/c10-6-3-5(11)4-7(12)9(6)13-8(14)1-2-15/h3-4,15H,1-2H2,(H,13,14). The molecule has 0 saturated heterocycles. The van der Waals surface area contributed by atoms with Gasteiger partial charge in [-0.05, 0) is 11.8 Å². The lowest BCUT2D eigenvalue weighted by molar-refractivity contribution is -0.115. The molecule has 1 rings (SSSR count). The van der Waals surface area contributed by atoms with Crippen molar-refractivity contribution < 1.29 is 13.6 Å². The topological polar surface area (TPSA) is 29.1 Å². The van der Waals surface area contributed by atoms with E-state index in [9.17, 15) is 13.6 Å². The largest absolute Gasteiger partial charge is 0.322 e. The van der Waals surface area contributed by atoms with Gasteiger partial charge in [0, 0.05) is 12.5 Å². The van der Waals surface area contributed by atoms with E-state index in [4.69, 9.17) is 11.6 Å². The molecule has 0 heterocycles. The number of halogens is 3. The minimum atomic E-state index is -0.896. The number of thiol groups is 1. The molecule has 6 heteroatoms. The molecule has 0 aliphatic rings. The quantitative estimate of drug-likeness (QED) is 0.795. The number of hydrogen-bond donors (Lipinski definition) is 2. The number of benzene rings is 1. The van der Waals surface area contributed by atoms with E-state index in [2.05, 4.69) is 17.9 Å².